The molecule has 35 heavy (non-hydrogen) atoms. The summed E-state index contributed by atoms with van der Waals surface area (Å²) in [7, 11) is -2.34. The molecule has 0 aliphatic carbocycles. The Bertz CT molecular complexity index is 1350. The second-order valence-electron chi connectivity index (χ2n) is 7.81. The summed E-state index contributed by atoms with van der Waals surface area (Å²) in [4.78, 5) is 14.6. The number of benzene rings is 3. The van der Waals surface area contributed by atoms with Gasteiger partial charge in [0.05, 0.1) is 27.6 Å². The van der Waals surface area contributed by atoms with E-state index in [9.17, 15) is 17.6 Å². The van der Waals surface area contributed by atoms with Crippen LogP contribution in [0.2, 0.25) is 10.0 Å². The van der Waals surface area contributed by atoms with Crippen LogP contribution >= 0.6 is 23.2 Å². The van der Waals surface area contributed by atoms with Crippen LogP contribution in [0.1, 0.15) is 10.4 Å². The average Bonchev–Trinajstić information content (AvgIpc) is 2.86. The molecule has 7 nitrogen and oxygen atoms in total. The number of piperazine rings is 1. The Kier molecular flexibility index (Phi) is 7.51. The Balaban J connectivity index is 1.48. The fraction of sp³-hybridized carbons (Fsp3) is 0.208. The zero-order valence-electron chi connectivity index (χ0n) is 18.7. The van der Waals surface area contributed by atoms with Crippen LogP contribution in [0.4, 0.5) is 15.8 Å². The number of rotatable bonds is 6. The molecule has 1 aliphatic rings. The number of nitrogens with one attached hydrogen (secondary N) is 1. The first-order chi connectivity index (χ1) is 16.7. The fourth-order valence-corrected chi connectivity index (χ4v) is 5.49. The first kappa shape index (κ1) is 25.2. The molecule has 1 saturated heterocycles. The molecule has 0 aromatic heterocycles. The minimum absolute atomic E-state index is 0.156. The molecule has 11 heteroatoms. The third-order valence-corrected chi connectivity index (χ3v) is 8.31. The standard InChI is InChI=1S/C24H22Cl2FN3O4S/c1-34-18-5-3-17(4-6-18)29-10-12-30(13-11-29)35(32,33)19-7-9-23(27)20(15-19)24(31)28-16-2-8-21(25)22(26)14-16/h2-9,14-15H,10-13H2,1H3,(H,28,31). The Morgan fingerprint density at radius 2 is 1.63 bits per heavy atom. The number of sulfonamides is 1. The van der Waals surface area contributed by atoms with E-state index in [0.29, 0.717) is 23.8 Å². The van der Waals surface area contributed by atoms with Crippen molar-refractivity contribution in [3.05, 3.63) is 82.1 Å². The number of amides is 1. The summed E-state index contributed by atoms with van der Waals surface area (Å²) in [6.07, 6.45) is 0. The molecule has 0 bridgehead atoms. The Morgan fingerprint density at radius 3 is 2.26 bits per heavy atom. The second-order valence-corrected chi connectivity index (χ2v) is 10.6. The van der Waals surface area contributed by atoms with Gasteiger partial charge in [-0.15, -0.1) is 0 Å². The van der Waals surface area contributed by atoms with Crippen LogP contribution in [0, 0.1) is 5.82 Å². The van der Waals surface area contributed by atoms with Crippen LogP contribution in [-0.4, -0.2) is 51.9 Å². The summed E-state index contributed by atoms with van der Waals surface area (Å²) in [5.74, 6) is -0.904. The Hall–Kier alpha value is -2.85. The first-order valence-electron chi connectivity index (χ1n) is 10.6. The summed E-state index contributed by atoms with van der Waals surface area (Å²) >= 11 is 11.8. The van der Waals surface area contributed by atoms with Crippen LogP contribution in [0.5, 0.6) is 5.75 Å². The maximum absolute atomic E-state index is 14.5. The van der Waals surface area contributed by atoms with Crippen molar-refractivity contribution < 1.29 is 22.3 Å². The highest BCUT2D eigenvalue weighted by atomic mass is 35.5. The SMILES string of the molecule is COc1ccc(N2CCN(S(=O)(=O)c3ccc(F)c(C(=O)Nc4ccc(Cl)c(Cl)c4)c3)CC2)cc1. The molecule has 184 valence electrons. The van der Waals surface area contributed by atoms with Gasteiger partial charge in [-0.2, -0.15) is 4.31 Å². The molecule has 0 spiro atoms. The molecule has 3 aromatic rings. The largest absolute Gasteiger partial charge is 0.497 e. The van der Waals surface area contributed by atoms with Gasteiger partial charge in [-0.3, -0.25) is 4.79 Å². The molecule has 4 rings (SSSR count). The number of ether oxygens (including phenoxy) is 1. The minimum atomic E-state index is -3.93. The third kappa shape index (κ3) is 5.54. The minimum Gasteiger partial charge on any atom is -0.497 e. The molecule has 1 fully saturated rings. The molecule has 0 atom stereocenters. The van der Waals surface area contributed by atoms with Gasteiger partial charge in [-0.1, -0.05) is 23.2 Å². The molecular formula is C24H22Cl2FN3O4S. The van der Waals surface area contributed by atoms with E-state index in [4.69, 9.17) is 27.9 Å². The second kappa shape index (κ2) is 10.4. The number of nitrogens with zero attached hydrogens (tertiary/aromatic N) is 2. The molecule has 0 unspecified atom stereocenters. The molecule has 1 heterocycles. The van der Waals surface area contributed by atoms with E-state index in [1.165, 1.54) is 22.5 Å². The summed E-state index contributed by atoms with van der Waals surface area (Å²) in [5.41, 5.74) is 0.867. The van der Waals surface area contributed by atoms with Crippen LogP contribution in [0.3, 0.4) is 0 Å². The van der Waals surface area contributed by atoms with Crippen LogP contribution < -0.4 is 15.0 Å². The molecule has 1 N–H and O–H groups in total. The van der Waals surface area contributed by atoms with Gasteiger partial charge in [0.1, 0.15) is 11.6 Å². The van der Waals surface area contributed by atoms with E-state index in [1.807, 2.05) is 24.3 Å². The van der Waals surface area contributed by atoms with Crippen molar-refractivity contribution >= 4 is 50.5 Å². The molecule has 0 radical (unpaired) electrons. The van der Waals surface area contributed by atoms with Crippen LogP contribution in [0.25, 0.3) is 0 Å². The van der Waals surface area contributed by atoms with Gasteiger partial charge in [0, 0.05) is 37.6 Å². The van der Waals surface area contributed by atoms with Gasteiger partial charge in [-0.05, 0) is 60.7 Å². The number of methoxy groups -OCH3 is 1. The van der Waals surface area contributed by atoms with Gasteiger partial charge >= 0.3 is 0 Å². The van der Waals surface area contributed by atoms with Crippen molar-refractivity contribution in [1.82, 2.24) is 4.31 Å². The van der Waals surface area contributed by atoms with Gasteiger partial charge in [0.2, 0.25) is 10.0 Å². The maximum atomic E-state index is 14.5. The summed E-state index contributed by atoms with van der Waals surface area (Å²) in [5, 5.41) is 3.03. The lowest BCUT2D eigenvalue weighted by molar-refractivity contribution is 0.102. The van der Waals surface area contributed by atoms with E-state index >= 15 is 0 Å². The Morgan fingerprint density at radius 1 is 0.943 bits per heavy atom. The van der Waals surface area contributed by atoms with Crippen molar-refractivity contribution in [2.45, 2.75) is 4.90 Å². The predicted octanol–water partition coefficient (Wildman–Crippen LogP) is 4.90. The van der Waals surface area contributed by atoms with E-state index in [-0.39, 0.29) is 23.0 Å². The lowest BCUT2D eigenvalue weighted by Crippen LogP contribution is -2.48. The van der Waals surface area contributed by atoms with E-state index in [2.05, 4.69) is 10.2 Å². The van der Waals surface area contributed by atoms with Crippen molar-refractivity contribution in [2.24, 2.45) is 0 Å². The fourth-order valence-electron chi connectivity index (χ4n) is 3.74. The highest BCUT2D eigenvalue weighted by Gasteiger charge is 2.30. The summed E-state index contributed by atoms with van der Waals surface area (Å²) in [6, 6.07) is 15.1. The lowest BCUT2D eigenvalue weighted by Gasteiger charge is -2.35. The smallest absolute Gasteiger partial charge is 0.258 e. The van der Waals surface area contributed by atoms with Gasteiger partial charge in [-0.25, -0.2) is 12.8 Å². The number of anilines is 2. The molecular weight excluding hydrogens is 516 g/mol. The highest BCUT2D eigenvalue weighted by molar-refractivity contribution is 7.89. The highest BCUT2D eigenvalue weighted by Crippen LogP contribution is 2.27. The van der Waals surface area contributed by atoms with Crippen molar-refractivity contribution in [3.8, 4) is 5.75 Å². The molecule has 1 aliphatic heterocycles. The number of halogens is 3. The average molecular weight is 538 g/mol. The zero-order valence-corrected chi connectivity index (χ0v) is 21.0. The monoisotopic (exact) mass is 537 g/mol. The maximum Gasteiger partial charge on any atom is 0.258 e. The topological polar surface area (TPSA) is 79.0 Å². The molecule has 0 saturated carbocycles. The van der Waals surface area contributed by atoms with E-state index < -0.39 is 27.3 Å². The van der Waals surface area contributed by atoms with Gasteiger partial charge in [0.15, 0.2) is 0 Å². The predicted molar refractivity (Wildman–Crippen MR) is 135 cm³/mol. The first-order valence-corrected chi connectivity index (χ1v) is 12.8. The number of hydrogen-bond donors (Lipinski definition) is 1. The number of carbonyl (C=O) groups excluding carboxylic acids is 1. The van der Waals surface area contributed by atoms with Crippen molar-refractivity contribution in [1.29, 1.82) is 0 Å². The van der Waals surface area contributed by atoms with E-state index in [1.54, 1.807) is 7.11 Å². The van der Waals surface area contributed by atoms with Crippen molar-refractivity contribution in [2.75, 3.05) is 43.5 Å². The Labute approximate surface area is 213 Å². The molecule has 3 aromatic carbocycles. The third-order valence-electron chi connectivity index (χ3n) is 5.67. The quantitative estimate of drug-likeness (QED) is 0.483. The zero-order chi connectivity index (χ0) is 25.2. The van der Waals surface area contributed by atoms with Crippen molar-refractivity contribution in [3.63, 3.8) is 0 Å². The lowest BCUT2D eigenvalue weighted by atomic mass is 10.2. The normalized spacial score (nSPS) is 14.6. The summed E-state index contributed by atoms with van der Waals surface area (Å²) < 4.78 is 47.5. The number of carbonyl (C=O) groups is 1. The van der Waals surface area contributed by atoms with Crippen LogP contribution in [0.15, 0.2) is 65.6 Å². The number of hydrogen-bond acceptors (Lipinski definition) is 5. The van der Waals surface area contributed by atoms with Gasteiger partial charge < -0.3 is 15.0 Å². The van der Waals surface area contributed by atoms with E-state index in [0.717, 1.165) is 29.6 Å². The summed E-state index contributed by atoms with van der Waals surface area (Å²) in [6.45, 7) is 1.46. The van der Waals surface area contributed by atoms with Crippen LogP contribution in [-0.2, 0) is 10.0 Å². The van der Waals surface area contributed by atoms with Gasteiger partial charge in [0.25, 0.3) is 5.91 Å². The molecule has 1 amide bonds.